The summed E-state index contributed by atoms with van der Waals surface area (Å²) in [5, 5.41) is 2.48. The number of para-hydroxylation sites is 3. The molecule has 0 saturated carbocycles. The molecule has 12 aromatic rings. The van der Waals surface area contributed by atoms with E-state index in [-0.39, 0.29) is 0 Å². The van der Waals surface area contributed by atoms with Crippen LogP contribution in [0, 0.1) is 0 Å². The highest BCUT2D eigenvalue weighted by Crippen LogP contribution is 2.40. The summed E-state index contributed by atoms with van der Waals surface area (Å²) in [6, 6.07) is 86.0. The lowest BCUT2D eigenvalue weighted by Gasteiger charge is -2.26. The van der Waals surface area contributed by atoms with E-state index in [1.54, 1.807) is 0 Å². The van der Waals surface area contributed by atoms with E-state index in [0.717, 1.165) is 62.1 Å². The molecule has 0 unspecified atom stereocenters. The summed E-state index contributed by atoms with van der Waals surface area (Å²) in [4.78, 5) is 12.8. The van der Waals surface area contributed by atoms with Gasteiger partial charge < -0.3 is 9.47 Å². The monoisotopic (exact) mass is 831 g/mol. The molecular weight excluding hydrogens is 791 g/mol. The van der Waals surface area contributed by atoms with Gasteiger partial charge in [-0.15, -0.1) is 0 Å². The number of hydrogen-bond donors (Lipinski definition) is 0. The van der Waals surface area contributed by atoms with Crippen LogP contribution in [0.25, 0.3) is 89.1 Å². The van der Waals surface area contributed by atoms with E-state index in [1.165, 1.54) is 44.1 Å². The van der Waals surface area contributed by atoms with Crippen molar-refractivity contribution in [1.29, 1.82) is 0 Å². The molecule has 0 aliphatic heterocycles. The molecular formula is C60H41N5. The molecule has 306 valence electrons. The van der Waals surface area contributed by atoms with Gasteiger partial charge in [-0.1, -0.05) is 152 Å². The first-order chi connectivity index (χ1) is 32.2. The largest absolute Gasteiger partial charge is 0.311 e. The number of benzene rings is 9. The quantitative estimate of drug-likeness (QED) is 0.145. The van der Waals surface area contributed by atoms with Gasteiger partial charge in [-0.25, -0.2) is 9.97 Å². The predicted molar refractivity (Wildman–Crippen MR) is 270 cm³/mol. The Morgan fingerprint density at radius 1 is 0.338 bits per heavy atom. The smallest absolute Gasteiger partial charge is 0.165 e. The molecule has 0 amide bonds. The van der Waals surface area contributed by atoms with Crippen LogP contribution in [0.2, 0.25) is 0 Å². The lowest BCUT2D eigenvalue weighted by atomic mass is 10.0. The Hall–Kier alpha value is -8.80. The number of nitrogens with zero attached hydrogens (tertiary/aromatic N) is 5. The van der Waals surface area contributed by atoms with Crippen LogP contribution in [-0.4, -0.2) is 19.1 Å². The molecule has 0 fully saturated rings. The minimum Gasteiger partial charge on any atom is -0.311 e. The summed E-state index contributed by atoms with van der Waals surface area (Å²) in [6.07, 6.45) is 1.91. The average molecular weight is 832 g/mol. The van der Waals surface area contributed by atoms with E-state index in [2.05, 4.69) is 251 Å². The van der Waals surface area contributed by atoms with Crippen LogP contribution in [0.15, 0.2) is 249 Å². The van der Waals surface area contributed by atoms with Crippen LogP contribution in [0.4, 0.5) is 17.1 Å². The van der Waals surface area contributed by atoms with Crippen molar-refractivity contribution in [3.05, 3.63) is 249 Å². The first-order valence-electron chi connectivity index (χ1n) is 22.0. The molecule has 0 spiro atoms. The third-order valence-electron chi connectivity index (χ3n) is 12.4. The molecule has 0 radical (unpaired) electrons. The molecule has 0 aliphatic rings. The van der Waals surface area contributed by atoms with E-state index in [4.69, 9.17) is 9.97 Å². The summed E-state index contributed by atoms with van der Waals surface area (Å²) in [5.74, 6) is 0.822. The molecule has 0 saturated heterocycles. The lowest BCUT2D eigenvalue weighted by Crippen LogP contribution is -2.10. The highest BCUT2D eigenvalue weighted by Gasteiger charge is 2.21. The summed E-state index contributed by atoms with van der Waals surface area (Å²) >= 11 is 0. The Morgan fingerprint density at radius 2 is 0.785 bits per heavy atom. The molecule has 5 nitrogen and oxygen atoms in total. The Labute approximate surface area is 377 Å². The van der Waals surface area contributed by atoms with E-state index in [0.29, 0.717) is 0 Å². The number of imidazole rings is 1. The minimum absolute atomic E-state index is 0.800. The summed E-state index contributed by atoms with van der Waals surface area (Å²) in [7, 11) is 0. The van der Waals surface area contributed by atoms with Gasteiger partial charge in [0.15, 0.2) is 5.65 Å². The van der Waals surface area contributed by atoms with Crippen molar-refractivity contribution in [2.45, 2.75) is 0 Å². The minimum atomic E-state index is 0.800. The van der Waals surface area contributed by atoms with Crippen molar-refractivity contribution in [2.75, 3.05) is 4.90 Å². The predicted octanol–water partition coefficient (Wildman–Crippen LogP) is 15.7. The third-order valence-corrected chi connectivity index (χ3v) is 12.4. The van der Waals surface area contributed by atoms with Gasteiger partial charge in [-0.3, -0.25) is 4.57 Å². The molecule has 0 bridgehead atoms. The standard InChI is InChI=1S/C60H41N5/c1-4-15-42(16-5-1)44-27-33-49(34-28-44)63(50-35-29-45(30-36-50)43-17-6-2-7-18-43)51-37-31-46(32-38-51)59-62-58-53(39-40-61-60(58)65(59)48-20-8-3-9-21-48)47-19-14-22-52(41-47)64-56-25-12-10-23-54(56)55-24-11-13-26-57(55)64/h1-41H. The van der Waals surface area contributed by atoms with Crippen molar-refractivity contribution >= 4 is 50.0 Å². The molecule has 5 heteroatoms. The highest BCUT2D eigenvalue weighted by molar-refractivity contribution is 6.09. The Kier molecular flexibility index (Phi) is 9.42. The SMILES string of the molecule is c1ccc(-c2ccc(N(c3ccc(-c4ccccc4)cc3)c3ccc(-c4nc5c(-c6cccc(-n7c8ccccc8c8ccccc87)c6)ccnc5n4-c4ccccc4)cc3)cc2)cc1. The van der Waals surface area contributed by atoms with Gasteiger partial charge in [0.25, 0.3) is 0 Å². The van der Waals surface area contributed by atoms with Gasteiger partial charge in [-0.05, 0) is 119 Å². The van der Waals surface area contributed by atoms with Crippen molar-refractivity contribution in [2.24, 2.45) is 0 Å². The fourth-order valence-electron chi connectivity index (χ4n) is 9.31. The number of hydrogen-bond acceptors (Lipinski definition) is 3. The molecule has 0 N–H and O–H groups in total. The van der Waals surface area contributed by atoms with E-state index in [9.17, 15) is 0 Å². The second-order valence-electron chi connectivity index (χ2n) is 16.3. The van der Waals surface area contributed by atoms with Crippen LogP contribution in [0.5, 0.6) is 0 Å². The zero-order valence-corrected chi connectivity index (χ0v) is 35.4. The van der Waals surface area contributed by atoms with Gasteiger partial charge in [0.05, 0.1) is 11.0 Å². The van der Waals surface area contributed by atoms with Gasteiger partial charge in [0.1, 0.15) is 11.3 Å². The average Bonchev–Trinajstić information content (AvgIpc) is 3.95. The first-order valence-corrected chi connectivity index (χ1v) is 22.0. The van der Waals surface area contributed by atoms with Crippen molar-refractivity contribution in [3.63, 3.8) is 0 Å². The normalized spacial score (nSPS) is 11.4. The lowest BCUT2D eigenvalue weighted by molar-refractivity contribution is 1.08. The maximum atomic E-state index is 5.48. The summed E-state index contributed by atoms with van der Waals surface area (Å²) < 4.78 is 4.55. The van der Waals surface area contributed by atoms with E-state index < -0.39 is 0 Å². The maximum Gasteiger partial charge on any atom is 0.165 e. The van der Waals surface area contributed by atoms with E-state index in [1.807, 2.05) is 12.3 Å². The third kappa shape index (κ3) is 6.83. The second kappa shape index (κ2) is 16.2. The van der Waals surface area contributed by atoms with Crippen LogP contribution in [0.1, 0.15) is 0 Å². The van der Waals surface area contributed by atoms with Gasteiger partial charge in [0.2, 0.25) is 0 Å². The fourth-order valence-corrected chi connectivity index (χ4v) is 9.31. The van der Waals surface area contributed by atoms with Gasteiger partial charge >= 0.3 is 0 Å². The molecule has 12 rings (SSSR count). The first kappa shape index (κ1) is 37.9. The zero-order valence-electron chi connectivity index (χ0n) is 35.4. The summed E-state index contributed by atoms with van der Waals surface area (Å²) in [6.45, 7) is 0. The highest BCUT2D eigenvalue weighted by atomic mass is 15.1. The Bertz CT molecular complexity index is 3480. The molecule has 65 heavy (non-hydrogen) atoms. The summed E-state index contributed by atoms with van der Waals surface area (Å²) in [5.41, 5.74) is 17.1. The Morgan fingerprint density at radius 3 is 1.34 bits per heavy atom. The van der Waals surface area contributed by atoms with Crippen molar-refractivity contribution in [1.82, 2.24) is 19.1 Å². The van der Waals surface area contributed by atoms with Crippen LogP contribution < -0.4 is 4.90 Å². The molecule has 0 atom stereocenters. The molecule has 3 heterocycles. The molecule has 3 aromatic heterocycles. The number of anilines is 3. The number of pyridine rings is 1. The Balaban J connectivity index is 0.966. The molecule has 9 aromatic carbocycles. The van der Waals surface area contributed by atoms with Gasteiger partial charge in [-0.2, -0.15) is 0 Å². The number of fused-ring (bicyclic) bond motifs is 4. The second-order valence-corrected chi connectivity index (χ2v) is 16.3. The van der Waals surface area contributed by atoms with Crippen molar-refractivity contribution in [3.8, 4) is 56.1 Å². The number of aromatic nitrogens is 4. The van der Waals surface area contributed by atoms with Crippen LogP contribution >= 0.6 is 0 Å². The van der Waals surface area contributed by atoms with Crippen LogP contribution in [0.3, 0.4) is 0 Å². The van der Waals surface area contributed by atoms with E-state index >= 15 is 0 Å². The number of rotatable bonds is 9. The van der Waals surface area contributed by atoms with Crippen molar-refractivity contribution < 1.29 is 0 Å². The topological polar surface area (TPSA) is 38.9 Å². The molecule has 0 aliphatic carbocycles. The fraction of sp³-hybridized carbons (Fsp3) is 0. The maximum absolute atomic E-state index is 5.48. The zero-order chi connectivity index (χ0) is 43.1. The van der Waals surface area contributed by atoms with Crippen LogP contribution in [-0.2, 0) is 0 Å². The van der Waals surface area contributed by atoms with Gasteiger partial charge in [0, 0.05) is 56.5 Å².